The second-order valence-electron chi connectivity index (χ2n) is 3.12. The van der Waals surface area contributed by atoms with Crippen LogP contribution in [0.4, 0.5) is 0 Å². The molecule has 0 radical (unpaired) electrons. The molecule has 86 valence electrons. The van der Waals surface area contributed by atoms with Crippen molar-refractivity contribution >= 4 is 23.8 Å². The Balaban J connectivity index is 2.54. The van der Waals surface area contributed by atoms with Crippen molar-refractivity contribution in [1.82, 2.24) is 5.32 Å². The summed E-state index contributed by atoms with van der Waals surface area (Å²) in [5.41, 5.74) is 0.897. The van der Waals surface area contributed by atoms with Crippen LogP contribution >= 0.6 is 11.6 Å². The van der Waals surface area contributed by atoms with Crippen molar-refractivity contribution in [3.05, 3.63) is 28.8 Å². The fourth-order valence-corrected chi connectivity index (χ4v) is 1.48. The van der Waals surface area contributed by atoms with Crippen LogP contribution in [0.1, 0.15) is 5.56 Å². The molecule has 0 spiro atoms. The number of benzene rings is 1. The van der Waals surface area contributed by atoms with E-state index in [1.165, 1.54) is 0 Å². The lowest BCUT2D eigenvalue weighted by molar-refractivity contribution is -0.131. The molecule has 16 heavy (non-hydrogen) atoms. The van der Waals surface area contributed by atoms with Crippen LogP contribution in [0.15, 0.2) is 18.2 Å². The Bertz CT molecular complexity index is 393. The molecule has 0 aliphatic heterocycles. The molecule has 4 nitrogen and oxygen atoms in total. The molecule has 0 unspecified atom stereocenters. The zero-order chi connectivity index (χ0) is 12.0. The largest absolute Gasteiger partial charge is 0.497 e. The van der Waals surface area contributed by atoms with E-state index < -0.39 is 5.91 Å². The molecule has 0 aromatic heterocycles. The summed E-state index contributed by atoms with van der Waals surface area (Å²) in [4.78, 5) is 20.7. The summed E-state index contributed by atoms with van der Waals surface area (Å²) in [7, 11) is 1.57. The van der Waals surface area contributed by atoms with Crippen molar-refractivity contribution < 1.29 is 14.3 Å². The normalized spacial score (nSPS) is 9.62. The highest BCUT2D eigenvalue weighted by Gasteiger charge is 2.03. The van der Waals surface area contributed by atoms with Crippen LogP contribution in [-0.4, -0.2) is 25.8 Å². The molecule has 0 bridgehead atoms. The summed E-state index contributed by atoms with van der Waals surface area (Å²) in [5.74, 6) is 0.0651. The van der Waals surface area contributed by atoms with E-state index in [4.69, 9.17) is 16.3 Å². The Labute approximate surface area is 98.5 Å². The summed E-state index contributed by atoms with van der Waals surface area (Å²) in [6.45, 7) is 0.379. The second kappa shape index (κ2) is 6.12. The highest BCUT2D eigenvalue weighted by molar-refractivity contribution is 6.31. The molecule has 1 aromatic rings. The number of rotatable bonds is 5. The van der Waals surface area contributed by atoms with Crippen molar-refractivity contribution in [2.45, 2.75) is 6.42 Å². The van der Waals surface area contributed by atoms with Crippen molar-refractivity contribution in [1.29, 1.82) is 0 Å². The first-order valence-corrected chi connectivity index (χ1v) is 5.10. The van der Waals surface area contributed by atoms with Crippen LogP contribution in [0, 0.1) is 0 Å². The van der Waals surface area contributed by atoms with Crippen LogP contribution in [0.25, 0.3) is 0 Å². The number of amides is 1. The zero-order valence-corrected chi connectivity index (χ0v) is 9.58. The third-order valence-electron chi connectivity index (χ3n) is 2.06. The summed E-state index contributed by atoms with van der Waals surface area (Å²) < 4.78 is 5.01. The minimum Gasteiger partial charge on any atom is -0.497 e. The first kappa shape index (κ1) is 12.5. The minimum absolute atomic E-state index is 0.246. The molecular weight excluding hydrogens is 230 g/mol. The van der Waals surface area contributed by atoms with Crippen molar-refractivity contribution in [3.63, 3.8) is 0 Å². The first-order valence-electron chi connectivity index (χ1n) is 4.72. The molecule has 0 saturated carbocycles. The lowest BCUT2D eigenvalue weighted by atomic mass is 10.1. The molecule has 0 fully saturated rings. The van der Waals surface area contributed by atoms with Crippen molar-refractivity contribution in [2.24, 2.45) is 0 Å². The number of nitrogens with one attached hydrogen (secondary N) is 1. The number of ether oxygens (including phenoxy) is 1. The Hall–Kier alpha value is -1.55. The standard InChI is InChI=1S/C11H12ClNO3/c1-16-9-3-2-8(10(12)6-9)4-5-13-11(15)7-14/h2-3,6-7H,4-5H2,1H3,(H,13,15). The molecule has 0 heterocycles. The molecule has 1 N–H and O–H groups in total. The highest BCUT2D eigenvalue weighted by Crippen LogP contribution is 2.22. The van der Waals surface area contributed by atoms with Gasteiger partial charge in [-0.3, -0.25) is 9.59 Å². The molecule has 1 amide bonds. The molecule has 5 heteroatoms. The van der Waals surface area contributed by atoms with Gasteiger partial charge in [-0.2, -0.15) is 0 Å². The van der Waals surface area contributed by atoms with Gasteiger partial charge in [-0.1, -0.05) is 17.7 Å². The number of carbonyl (C=O) groups is 2. The maximum Gasteiger partial charge on any atom is 0.284 e. The lowest BCUT2D eigenvalue weighted by Crippen LogP contribution is -2.26. The zero-order valence-electron chi connectivity index (χ0n) is 8.83. The SMILES string of the molecule is COc1ccc(CCNC(=O)C=O)c(Cl)c1. The Morgan fingerprint density at radius 2 is 2.31 bits per heavy atom. The maximum atomic E-state index is 10.7. The van der Waals surface area contributed by atoms with Crippen molar-refractivity contribution in [3.8, 4) is 5.75 Å². The molecule has 0 aliphatic carbocycles. The van der Waals surface area contributed by atoms with E-state index in [9.17, 15) is 9.59 Å². The molecule has 0 aliphatic rings. The molecule has 0 atom stereocenters. The third kappa shape index (κ3) is 3.55. The molecule has 1 aromatic carbocycles. The third-order valence-corrected chi connectivity index (χ3v) is 2.41. The Kier molecular flexibility index (Phi) is 4.79. The number of carbonyl (C=O) groups excluding carboxylic acids is 2. The van der Waals surface area contributed by atoms with Crippen LogP contribution in [0.3, 0.4) is 0 Å². The summed E-state index contributed by atoms with van der Waals surface area (Å²) in [5, 5.41) is 3.02. The van der Waals surface area contributed by atoms with E-state index in [0.717, 1.165) is 5.56 Å². The fourth-order valence-electron chi connectivity index (χ4n) is 1.22. The smallest absolute Gasteiger partial charge is 0.284 e. The van der Waals surface area contributed by atoms with Gasteiger partial charge in [-0.25, -0.2) is 0 Å². The van der Waals surface area contributed by atoms with Gasteiger partial charge in [0.05, 0.1) is 7.11 Å². The summed E-state index contributed by atoms with van der Waals surface area (Å²) >= 11 is 6.00. The number of halogens is 1. The molecule has 0 saturated heterocycles. The number of hydrogen-bond acceptors (Lipinski definition) is 3. The molecule has 1 rings (SSSR count). The predicted octanol–water partition coefficient (Wildman–Crippen LogP) is 1.21. The van der Waals surface area contributed by atoms with Gasteiger partial charge < -0.3 is 10.1 Å². The van der Waals surface area contributed by atoms with Gasteiger partial charge in [0.25, 0.3) is 5.91 Å². The van der Waals surface area contributed by atoms with E-state index in [1.807, 2.05) is 6.07 Å². The van der Waals surface area contributed by atoms with Gasteiger partial charge in [0.1, 0.15) is 5.75 Å². The van der Waals surface area contributed by atoms with Gasteiger partial charge in [-0.05, 0) is 24.1 Å². The minimum atomic E-state index is -0.621. The van der Waals surface area contributed by atoms with Gasteiger partial charge in [0.2, 0.25) is 6.29 Å². The maximum absolute atomic E-state index is 10.7. The van der Waals surface area contributed by atoms with E-state index >= 15 is 0 Å². The average molecular weight is 242 g/mol. The average Bonchev–Trinajstić information content (AvgIpc) is 2.30. The van der Waals surface area contributed by atoms with E-state index in [0.29, 0.717) is 23.7 Å². The number of aldehydes is 1. The number of methoxy groups -OCH3 is 1. The van der Waals surface area contributed by atoms with E-state index in [2.05, 4.69) is 5.32 Å². The van der Waals surface area contributed by atoms with E-state index in [1.54, 1.807) is 19.2 Å². The van der Waals surface area contributed by atoms with Gasteiger partial charge in [0.15, 0.2) is 0 Å². The second-order valence-corrected chi connectivity index (χ2v) is 3.52. The quantitative estimate of drug-likeness (QED) is 0.623. The van der Waals surface area contributed by atoms with Gasteiger partial charge >= 0.3 is 0 Å². The first-order chi connectivity index (χ1) is 7.67. The van der Waals surface area contributed by atoms with Gasteiger partial charge in [0, 0.05) is 11.6 Å². The number of hydrogen-bond donors (Lipinski definition) is 1. The fraction of sp³-hybridized carbons (Fsp3) is 0.273. The summed E-state index contributed by atoms with van der Waals surface area (Å²) in [6.07, 6.45) is 0.817. The van der Waals surface area contributed by atoms with E-state index in [-0.39, 0.29) is 6.29 Å². The molecular formula is C11H12ClNO3. The summed E-state index contributed by atoms with van der Waals surface area (Å²) in [6, 6.07) is 5.33. The van der Waals surface area contributed by atoms with Gasteiger partial charge in [-0.15, -0.1) is 0 Å². The topological polar surface area (TPSA) is 55.4 Å². The lowest BCUT2D eigenvalue weighted by Gasteiger charge is -2.06. The van der Waals surface area contributed by atoms with Crippen LogP contribution in [0.2, 0.25) is 5.02 Å². The monoisotopic (exact) mass is 241 g/mol. The Morgan fingerprint density at radius 1 is 1.56 bits per heavy atom. The van der Waals surface area contributed by atoms with Crippen LogP contribution < -0.4 is 10.1 Å². The van der Waals surface area contributed by atoms with Crippen molar-refractivity contribution in [2.75, 3.05) is 13.7 Å². The van der Waals surface area contributed by atoms with Crippen LogP contribution in [-0.2, 0) is 16.0 Å². The highest BCUT2D eigenvalue weighted by atomic mass is 35.5. The predicted molar refractivity (Wildman–Crippen MR) is 60.8 cm³/mol. The van der Waals surface area contributed by atoms with Crippen LogP contribution in [0.5, 0.6) is 5.75 Å². The Morgan fingerprint density at radius 3 is 2.88 bits per heavy atom.